The largest absolute Gasteiger partial charge is 0.352 e. The second kappa shape index (κ2) is 5.46. The normalized spacial score (nSPS) is 21.3. The number of rotatable bonds is 3. The van der Waals surface area contributed by atoms with E-state index in [-0.39, 0.29) is 34.6 Å². The number of carbonyl (C=O) groups excluding carboxylic acids is 1. The summed E-state index contributed by atoms with van der Waals surface area (Å²) in [6, 6.07) is 3.80. The molecule has 1 atom stereocenters. The van der Waals surface area contributed by atoms with Crippen LogP contribution < -0.4 is 5.32 Å². The maximum Gasteiger partial charge on any atom is 0.254 e. The van der Waals surface area contributed by atoms with Gasteiger partial charge in [0.05, 0.1) is 17.1 Å². The summed E-state index contributed by atoms with van der Waals surface area (Å²) in [7, 11) is -2.96. The zero-order chi connectivity index (χ0) is 14.0. The zero-order valence-corrected chi connectivity index (χ0v) is 11.6. The van der Waals surface area contributed by atoms with Crippen molar-refractivity contribution in [3.63, 3.8) is 0 Å². The van der Waals surface area contributed by atoms with Gasteiger partial charge in [-0.05, 0) is 30.5 Å². The summed E-state index contributed by atoms with van der Waals surface area (Å²) >= 11 is 5.60. The number of amides is 1. The number of hydrogen-bond acceptors (Lipinski definition) is 3. The molecule has 2 rings (SSSR count). The van der Waals surface area contributed by atoms with Crippen LogP contribution >= 0.6 is 11.6 Å². The molecule has 0 aliphatic carbocycles. The summed E-state index contributed by atoms with van der Waals surface area (Å²) in [6.07, 6.45) is 0.533. The van der Waals surface area contributed by atoms with Gasteiger partial charge in [-0.2, -0.15) is 0 Å². The number of sulfone groups is 1. The Morgan fingerprint density at radius 3 is 2.79 bits per heavy atom. The first-order valence-electron chi connectivity index (χ1n) is 5.81. The van der Waals surface area contributed by atoms with Gasteiger partial charge in [-0.15, -0.1) is 0 Å². The molecule has 1 aromatic rings. The molecule has 0 bridgehead atoms. The van der Waals surface area contributed by atoms with Crippen LogP contribution in [0.4, 0.5) is 4.39 Å². The molecule has 0 saturated carbocycles. The molecule has 7 heteroatoms. The van der Waals surface area contributed by atoms with Crippen LogP contribution in [0.25, 0.3) is 0 Å². The van der Waals surface area contributed by atoms with Crippen molar-refractivity contribution in [3.8, 4) is 0 Å². The maximum atomic E-state index is 13.5. The zero-order valence-electron chi connectivity index (χ0n) is 10.0. The first-order valence-corrected chi connectivity index (χ1v) is 8.01. The summed E-state index contributed by atoms with van der Waals surface area (Å²) < 4.78 is 36.0. The molecule has 1 unspecified atom stereocenters. The topological polar surface area (TPSA) is 63.2 Å². The number of hydrogen-bond donors (Lipinski definition) is 1. The Morgan fingerprint density at radius 2 is 2.21 bits per heavy atom. The van der Waals surface area contributed by atoms with E-state index in [2.05, 4.69) is 5.32 Å². The fourth-order valence-electron chi connectivity index (χ4n) is 2.04. The predicted molar refractivity (Wildman–Crippen MR) is 70.5 cm³/mol. The number of nitrogens with one attached hydrogen (secondary N) is 1. The van der Waals surface area contributed by atoms with E-state index in [1.54, 1.807) is 0 Å². The standard InChI is InChI=1S/C12H13ClFNO3S/c13-9-1-2-10(11(14)5-9)12(16)15-6-8-3-4-19(17,18)7-8/h1-2,5,8H,3-4,6-7H2,(H,15,16). The Labute approximate surface area is 115 Å². The minimum atomic E-state index is -2.96. The van der Waals surface area contributed by atoms with E-state index in [9.17, 15) is 17.6 Å². The average Bonchev–Trinajstić information content (AvgIpc) is 2.66. The van der Waals surface area contributed by atoms with E-state index in [0.717, 1.165) is 6.07 Å². The van der Waals surface area contributed by atoms with Crippen LogP contribution in [0.5, 0.6) is 0 Å². The van der Waals surface area contributed by atoms with Crippen LogP contribution in [0.2, 0.25) is 5.02 Å². The smallest absolute Gasteiger partial charge is 0.254 e. The maximum absolute atomic E-state index is 13.5. The van der Waals surface area contributed by atoms with E-state index in [1.807, 2.05) is 0 Å². The first kappa shape index (κ1) is 14.3. The fraction of sp³-hybridized carbons (Fsp3) is 0.417. The van der Waals surface area contributed by atoms with Gasteiger partial charge in [0.1, 0.15) is 5.82 Å². The summed E-state index contributed by atoms with van der Waals surface area (Å²) in [6.45, 7) is 0.236. The first-order chi connectivity index (χ1) is 8.87. The quantitative estimate of drug-likeness (QED) is 0.923. The van der Waals surface area contributed by atoms with Gasteiger partial charge in [0.2, 0.25) is 0 Å². The minimum absolute atomic E-state index is 0.0797. The van der Waals surface area contributed by atoms with Crippen molar-refractivity contribution < 1.29 is 17.6 Å². The van der Waals surface area contributed by atoms with Crippen molar-refractivity contribution in [1.82, 2.24) is 5.32 Å². The lowest BCUT2D eigenvalue weighted by Gasteiger charge is -2.10. The van der Waals surface area contributed by atoms with E-state index in [0.29, 0.717) is 6.42 Å². The molecule has 1 N–H and O–H groups in total. The molecule has 1 fully saturated rings. The highest BCUT2D eigenvalue weighted by Gasteiger charge is 2.28. The summed E-state index contributed by atoms with van der Waals surface area (Å²) in [5.41, 5.74) is -0.0924. The Balaban J connectivity index is 1.95. The van der Waals surface area contributed by atoms with Crippen LogP contribution in [0.3, 0.4) is 0 Å². The van der Waals surface area contributed by atoms with E-state index in [1.165, 1.54) is 12.1 Å². The van der Waals surface area contributed by atoms with Crippen molar-refractivity contribution in [2.45, 2.75) is 6.42 Å². The molecule has 19 heavy (non-hydrogen) atoms. The summed E-state index contributed by atoms with van der Waals surface area (Å²) in [5.74, 6) is -1.11. The van der Waals surface area contributed by atoms with Gasteiger partial charge >= 0.3 is 0 Å². The number of benzene rings is 1. The molecule has 1 saturated heterocycles. The van der Waals surface area contributed by atoms with Gasteiger partial charge in [-0.1, -0.05) is 11.6 Å². The van der Waals surface area contributed by atoms with Crippen LogP contribution in [0.15, 0.2) is 18.2 Å². The molecule has 1 aromatic carbocycles. The van der Waals surface area contributed by atoms with Crippen molar-refractivity contribution in [2.75, 3.05) is 18.1 Å². The number of carbonyl (C=O) groups is 1. The molecule has 1 amide bonds. The van der Waals surface area contributed by atoms with Crippen molar-refractivity contribution >= 4 is 27.3 Å². The molecule has 0 spiro atoms. The van der Waals surface area contributed by atoms with Gasteiger partial charge in [0.25, 0.3) is 5.91 Å². The molecule has 1 aliphatic rings. The minimum Gasteiger partial charge on any atom is -0.352 e. The lowest BCUT2D eigenvalue weighted by Crippen LogP contribution is -2.30. The predicted octanol–water partition coefficient (Wildman–Crippen LogP) is 1.64. The van der Waals surface area contributed by atoms with Crippen LogP contribution in [0.1, 0.15) is 16.8 Å². The Morgan fingerprint density at radius 1 is 1.47 bits per heavy atom. The third-order valence-electron chi connectivity index (χ3n) is 3.05. The second-order valence-electron chi connectivity index (χ2n) is 4.60. The SMILES string of the molecule is O=C(NCC1CCS(=O)(=O)C1)c1ccc(Cl)cc1F. The monoisotopic (exact) mass is 305 g/mol. The molecule has 1 aliphatic heterocycles. The van der Waals surface area contributed by atoms with Crippen LogP contribution in [-0.2, 0) is 9.84 Å². The molecule has 1 heterocycles. The van der Waals surface area contributed by atoms with Gasteiger partial charge in [0, 0.05) is 11.6 Å². The third-order valence-corrected chi connectivity index (χ3v) is 5.13. The molecule has 104 valence electrons. The fourth-order valence-corrected chi connectivity index (χ4v) is 4.06. The molecular weight excluding hydrogens is 293 g/mol. The highest BCUT2D eigenvalue weighted by molar-refractivity contribution is 7.91. The summed E-state index contributed by atoms with van der Waals surface area (Å²) in [5, 5.41) is 2.77. The lowest BCUT2D eigenvalue weighted by molar-refractivity contribution is 0.0944. The van der Waals surface area contributed by atoms with Crippen LogP contribution in [-0.4, -0.2) is 32.4 Å². The Kier molecular flexibility index (Phi) is 4.10. The van der Waals surface area contributed by atoms with Crippen molar-refractivity contribution in [3.05, 3.63) is 34.6 Å². The molecule has 0 radical (unpaired) electrons. The van der Waals surface area contributed by atoms with Gasteiger partial charge in [-0.25, -0.2) is 12.8 Å². The Bertz CT molecular complexity index is 603. The highest BCUT2D eigenvalue weighted by Crippen LogP contribution is 2.18. The van der Waals surface area contributed by atoms with E-state index in [4.69, 9.17) is 11.6 Å². The Hall–Kier alpha value is -1.14. The molecule has 0 aromatic heterocycles. The summed E-state index contributed by atoms with van der Waals surface area (Å²) in [4.78, 5) is 11.8. The average molecular weight is 306 g/mol. The van der Waals surface area contributed by atoms with Crippen molar-refractivity contribution in [2.24, 2.45) is 5.92 Å². The van der Waals surface area contributed by atoms with Gasteiger partial charge < -0.3 is 5.32 Å². The second-order valence-corrected chi connectivity index (χ2v) is 7.27. The molecule has 4 nitrogen and oxygen atoms in total. The van der Waals surface area contributed by atoms with Crippen molar-refractivity contribution in [1.29, 1.82) is 0 Å². The van der Waals surface area contributed by atoms with E-state index < -0.39 is 21.6 Å². The van der Waals surface area contributed by atoms with E-state index >= 15 is 0 Å². The lowest BCUT2D eigenvalue weighted by atomic mass is 10.1. The highest BCUT2D eigenvalue weighted by atomic mass is 35.5. The van der Waals surface area contributed by atoms with Crippen LogP contribution in [0, 0.1) is 11.7 Å². The third kappa shape index (κ3) is 3.67. The number of halogens is 2. The van der Waals surface area contributed by atoms with Gasteiger partial charge in [-0.3, -0.25) is 4.79 Å². The van der Waals surface area contributed by atoms with Gasteiger partial charge in [0.15, 0.2) is 9.84 Å². The molecular formula is C12H13ClFNO3S.